The summed E-state index contributed by atoms with van der Waals surface area (Å²) in [7, 11) is 0. The first-order chi connectivity index (χ1) is 7.19. The Kier molecular flexibility index (Phi) is 0.876. The van der Waals surface area contributed by atoms with Crippen LogP contribution in [0.3, 0.4) is 0 Å². The molecule has 2 fully saturated rings. The second-order valence-corrected chi connectivity index (χ2v) is 3.34. The number of rotatable bonds is 0. The highest BCUT2D eigenvalue weighted by Gasteiger charge is 2.50. The fraction of sp³-hybridized carbons (Fsp3) is 0.875. The fourth-order valence-electron chi connectivity index (χ4n) is 2.11. The van der Waals surface area contributed by atoms with E-state index in [1.165, 1.54) is 0 Å². The third kappa shape index (κ3) is 0.843. The summed E-state index contributed by atoms with van der Waals surface area (Å²) in [6, 6.07) is -2.86. The molecule has 0 aromatic carbocycles. The van der Waals surface area contributed by atoms with Gasteiger partial charge in [0.05, 0.1) is 13.5 Å². The Morgan fingerprint density at radius 2 is 2.50 bits per heavy atom. The number of carbonyl (C=O) groups is 1. The van der Waals surface area contributed by atoms with Gasteiger partial charge in [0, 0.05) is 10.1 Å². The highest BCUT2D eigenvalue weighted by Crippen LogP contribution is 2.42. The molecule has 2 bridgehead atoms. The van der Waals surface area contributed by atoms with Crippen LogP contribution in [0.25, 0.3) is 0 Å². The van der Waals surface area contributed by atoms with Gasteiger partial charge in [0.1, 0.15) is 0 Å². The standard InChI is InChI=1S/C8H13NO3/c1-4-5-2-6(7(10)3-5)9(4)8(11)12/h4-7,10H,2-3H2,1H3,(H,11,12)/t4-,5-,6+,7-/m1/s1/i1D3,4D. The summed E-state index contributed by atoms with van der Waals surface area (Å²) in [6.07, 6.45) is -1.84. The van der Waals surface area contributed by atoms with Crippen LogP contribution >= 0.6 is 0 Å². The van der Waals surface area contributed by atoms with Crippen LogP contribution in [0.15, 0.2) is 0 Å². The Balaban J connectivity index is 2.43. The molecule has 1 amide bonds. The molecule has 2 rings (SSSR count). The summed E-state index contributed by atoms with van der Waals surface area (Å²) in [5, 5.41) is 18.6. The van der Waals surface area contributed by atoms with Crippen molar-refractivity contribution in [3.8, 4) is 0 Å². The second kappa shape index (κ2) is 2.36. The lowest BCUT2D eigenvalue weighted by molar-refractivity contribution is 0.0331. The molecule has 0 aromatic rings. The maximum absolute atomic E-state index is 11.0. The van der Waals surface area contributed by atoms with Crippen LogP contribution in [0.2, 0.25) is 0 Å². The molecule has 2 aliphatic rings. The fourth-order valence-corrected chi connectivity index (χ4v) is 2.11. The van der Waals surface area contributed by atoms with Crippen molar-refractivity contribution in [2.75, 3.05) is 0 Å². The zero-order chi connectivity index (χ0) is 12.3. The van der Waals surface area contributed by atoms with Crippen molar-refractivity contribution in [3.05, 3.63) is 0 Å². The molecule has 0 unspecified atom stereocenters. The number of hydrogen-bond donors (Lipinski definition) is 2. The molecule has 4 nitrogen and oxygen atoms in total. The lowest BCUT2D eigenvalue weighted by Crippen LogP contribution is -2.48. The maximum Gasteiger partial charge on any atom is 0.407 e. The summed E-state index contributed by atoms with van der Waals surface area (Å²) < 4.78 is 30.0. The number of aliphatic hydroxyl groups excluding tert-OH is 1. The van der Waals surface area contributed by atoms with E-state index in [2.05, 4.69) is 0 Å². The Bertz CT molecular complexity index is 334. The molecular formula is C8H13NO3. The van der Waals surface area contributed by atoms with Gasteiger partial charge in [0.25, 0.3) is 0 Å². The van der Waals surface area contributed by atoms with Crippen molar-refractivity contribution in [2.45, 2.75) is 37.9 Å². The SMILES string of the molecule is [2H]C([2H])([2H])[C@]1([2H])[C@H]2C[C@@H](O)[C@H](C2)N1C(=O)O. The molecular weight excluding hydrogens is 158 g/mol. The molecule has 1 aliphatic heterocycles. The first-order valence-electron chi connectivity index (χ1n) is 5.90. The van der Waals surface area contributed by atoms with E-state index >= 15 is 0 Å². The Hall–Kier alpha value is -0.770. The van der Waals surface area contributed by atoms with Crippen LogP contribution in [0.4, 0.5) is 4.79 Å². The molecule has 1 heterocycles. The zero-order valence-electron chi connectivity index (χ0n) is 10.4. The topological polar surface area (TPSA) is 60.8 Å². The van der Waals surface area contributed by atoms with Gasteiger partial charge < -0.3 is 10.2 Å². The number of nitrogens with zero attached hydrogens (tertiary/aromatic N) is 1. The molecule has 4 atom stereocenters. The zero-order valence-corrected chi connectivity index (χ0v) is 6.40. The van der Waals surface area contributed by atoms with Crippen molar-refractivity contribution in [2.24, 2.45) is 5.92 Å². The lowest BCUT2D eigenvalue weighted by Gasteiger charge is -2.33. The third-order valence-electron chi connectivity index (χ3n) is 2.68. The average molecular weight is 175 g/mol. The second-order valence-electron chi connectivity index (χ2n) is 3.34. The van der Waals surface area contributed by atoms with Gasteiger partial charge in [-0.1, -0.05) is 0 Å². The summed E-state index contributed by atoms with van der Waals surface area (Å²) >= 11 is 0. The third-order valence-corrected chi connectivity index (χ3v) is 2.68. The molecule has 1 saturated heterocycles. The number of aliphatic hydroxyl groups is 1. The minimum atomic E-state index is -2.69. The van der Waals surface area contributed by atoms with Crippen LogP contribution in [0.1, 0.15) is 25.2 Å². The first kappa shape index (κ1) is 4.46. The number of likely N-dealkylation sites (tertiary alicyclic amines) is 1. The van der Waals surface area contributed by atoms with Crippen LogP contribution in [-0.2, 0) is 0 Å². The first-order valence-corrected chi connectivity index (χ1v) is 3.90. The quantitative estimate of drug-likeness (QED) is 0.564. The predicted octanol–water partition coefficient (Wildman–Crippen LogP) is 0.508. The highest BCUT2D eigenvalue weighted by atomic mass is 16.4. The van der Waals surface area contributed by atoms with Gasteiger partial charge >= 0.3 is 6.09 Å². The largest absolute Gasteiger partial charge is 0.465 e. The Labute approximate surface area is 76.4 Å². The van der Waals surface area contributed by atoms with Crippen LogP contribution in [0, 0.1) is 5.92 Å². The van der Waals surface area contributed by atoms with Gasteiger partial charge in [-0.25, -0.2) is 4.79 Å². The van der Waals surface area contributed by atoms with Crippen molar-refractivity contribution in [1.29, 1.82) is 0 Å². The molecule has 0 spiro atoms. The lowest BCUT2D eigenvalue weighted by atomic mass is 10.00. The molecule has 4 heteroatoms. The molecule has 0 radical (unpaired) electrons. The van der Waals surface area contributed by atoms with Crippen molar-refractivity contribution < 1.29 is 20.5 Å². The molecule has 1 aliphatic carbocycles. The number of fused-ring (bicyclic) bond motifs is 2. The van der Waals surface area contributed by atoms with Gasteiger partial charge in [0.15, 0.2) is 0 Å². The van der Waals surface area contributed by atoms with Gasteiger partial charge in [0.2, 0.25) is 0 Å². The van der Waals surface area contributed by atoms with Crippen LogP contribution in [-0.4, -0.2) is 39.4 Å². The minimum absolute atomic E-state index is 0.191. The average Bonchev–Trinajstić information content (AvgIpc) is 2.57. The molecule has 68 valence electrons. The van der Waals surface area contributed by atoms with E-state index < -0.39 is 37.0 Å². The van der Waals surface area contributed by atoms with E-state index in [4.69, 9.17) is 10.6 Å². The van der Waals surface area contributed by atoms with E-state index in [9.17, 15) is 9.90 Å². The normalized spacial score (nSPS) is 57.4. The Morgan fingerprint density at radius 1 is 1.75 bits per heavy atom. The van der Waals surface area contributed by atoms with Crippen LogP contribution in [0.5, 0.6) is 0 Å². The highest BCUT2D eigenvalue weighted by molar-refractivity contribution is 5.67. The summed E-state index contributed by atoms with van der Waals surface area (Å²) in [5.41, 5.74) is 0. The summed E-state index contributed by atoms with van der Waals surface area (Å²) in [6.45, 7) is -2.69. The Morgan fingerprint density at radius 3 is 3.08 bits per heavy atom. The van der Waals surface area contributed by atoms with Crippen molar-refractivity contribution >= 4 is 6.09 Å². The van der Waals surface area contributed by atoms with Gasteiger partial charge in [-0.15, -0.1) is 0 Å². The van der Waals surface area contributed by atoms with Crippen molar-refractivity contribution in [1.82, 2.24) is 4.90 Å². The van der Waals surface area contributed by atoms with Crippen LogP contribution < -0.4 is 0 Å². The molecule has 0 aromatic heterocycles. The van der Waals surface area contributed by atoms with Gasteiger partial charge in [-0.3, -0.25) is 4.90 Å². The number of amides is 1. The molecule has 12 heavy (non-hydrogen) atoms. The summed E-state index contributed by atoms with van der Waals surface area (Å²) in [4.78, 5) is 11.7. The number of piperidine rings is 1. The van der Waals surface area contributed by atoms with E-state index in [0.717, 1.165) is 0 Å². The minimum Gasteiger partial charge on any atom is -0.465 e. The number of carboxylic acid groups (broad SMARTS) is 1. The van der Waals surface area contributed by atoms with E-state index in [1.54, 1.807) is 0 Å². The van der Waals surface area contributed by atoms with E-state index in [-0.39, 0.29) is 12.8 Å². The summed E-state index contributed by atoms with van der Waals surface area (Å²) in [5.74, 6) is -0.615. The molecule has 1 saturated carbocycles. The van der Waals surface area contributed by atoms with Gasteiger partial charge in [-0.05, 0) is 25.6 Å². The van der Waals surface area contributed by atoms with E-state index in [0.29, 0.717) is 4.90 Å². The smallest absolute Gasteiger partial charge is 0.407 e. The molecule has 2 N–H and O–H groups in total. The monoisotopic (exact) mass is 175 g/mol. The van der Waals surface area contributed by atoms with Crippen molar-refractivity contribution in [3.63, 3.8) is 0 Å². The maximum atomic E-state index is 11.0. The van der Waals surface area contributed by atoms with Gasteiger partial charge in [-0.2, -0.15) is 0 Å². The number of hydrogen-bond acceptors (Lipinski definition) is 2. The predicted molar refractivity (Wildman–Crippen MR) is 41.8 cm³/mol. The van der Waals surface area contributed by atoms with E-state index in [1.807, 2.05) is 0 Å².